The summed E-state index contributed by atoms with van der Waals surface area (Å²) in [7, 11) is 2.02. The Bertz CT molecular complexity index is 367. The van der Waals surface area contributed by atoms with Gasteiger partial charge in [-0.15, -0.1) is 0 Å². The molecule has 1 fully saturated rings. The molecule has 0 atom stereocenters. The van der Waals surface area contributed by atoms with E-state index < -0.39 is 0 Å². The topological polar surface area (TPSA) is 44.6 Å². The van der Waals surface area contributed by atoms with Crippen molar-refractivity contribution >= 4 is 5.71 Å². The van der Waals surface area contributed by atoms with Crippen LogP contribution in [0.25, 0.3) is 0 Å². The van der Waals surface area contributed by atoms with Crippen LogP contribution >= 0.6 is 0 Å². The summed E-state index contributed by atoms with van der Waals surface area (Å²) in [6.07, 6.45) is 4.51. The normalized spacial score (nSPS) is 25.8. The van der Waals surface area contributed by atoms with E-state index in [1.165, 1.54) is 0 Å². The summed E-state index contributed by atoms with van der Waals surface area (Å²) < 4.78 is 0. The number of benzene rings is 1. The van der Waals surface area contributed by atoms with Crippen molar-refractivity contribution in [2.24, 2.45) is 11.1 Å². The second-order valence-corrected chi connectivity index (χ2v) is 4.69. The van der Waals surface area contributed by atoms with Crippen LogP contribution in [0.5, 0.6) is 0 Å². The van der Waals surface area contributed by atoms with Crippen LogP contribution in [0.2, 0.25) is 0 Å². The van der Waals surface area contributed by atoms with E-state index in [0.29, 0.717) is 12.0 Å². The van der Waals surface area contributed by atoms with Crippen LogP contribution < -0.4 is 5.32 Å². The van der Waals surface area contributed by atoms with Gasteiger partial charge in [0.2, 0.25) is 0 Å². The van der Waals surface area contributed by atoms with Gasteiger partial charge in [-0.25, -0.2) is 0 Å². The lowest BCUT2D eigenvalue weighted by molar-refractivity contribution is 0.304. The Labute approximate surface area is 103 Å². The average molecular weight is 232 g/mol. The van der Waals surface area contributed by atoms with Crippen molar-refractivity contribution in [2.75, 3.05) is 7.05 Å². The van der Waals surface area contributed by atoms with E-state index in [0.717, 1.165) is 37.0 Å². The smallest absolute Gasteiger partial charge is 0.0898 e. The van der Waals surface area contributed by atoms with Gasteiger partial charge in [0, 0.05) is 12.0 Å². The van der Waals surface area contributed by atoms with Crippen molar-refractivity contribution in [1.29, 1.82) is 0 Å². The van der Waals surface area contributed by atoms with E-state index in [1.54, 1.807) is 0 Å². The third-order valence-electron chi connectivity index (χ3n) is 3.70. The van der Waals surface area contributed by atoms with Crippen LogP contribution in [-0.4, -0.2) is 24.0 Å². The Balaban J connectivity index is 2.06. The summed E-state index contributed by atoms with van der Waals surface area (Å²) in [5.74, 6) is 0.395. The molecule has 1 aliphatic rings. The van der Waals surface area contributed by atoms with Gasteiger partial charge in [-0.1, -0.05) is 35.5 Å². The third kappa shape index (κ3) is 2.86. The maximum Gasteiger partial charge on any atom is 0.0898 e. The molecule has 3 nitrogen and oxygen atoms in total. The third-order valence-corrected chi connectivity index (χ3v) is 3.70. The first-order valence-electron chi connectivity index (χ1n) is 6.29. The van der Waals surface area contributed by atoms with E-state index >= 15 is 0 Å². The zero-order valence-electron chi connectivity index (χ0n) is 10.3. The van der Waals surface area contributed by atoms with Gasteiger partial charge >= 0.3 is 0 Å². The molecule has 0 aliphatic heterocycles. The van der Waals surface area contributed by atoms with Crippen LogP contribution in [-0.2, 0) is 0 Å². The Hall–Kier alpha value is -1.35. The second-order valence-electron chi connectivity index (χ2n) is 4.69. The van der Waals surface area contributed by atoms with Gasteiger partial charge in [0.25, 0.3) is 0 Å². The molecule has 3 heteroatoms. The van der Waals surface area contributed by atoms with E-state index in [-0.39, 0.29) is 0 Å². The molecule has 2 N–H and O–H groups in total. The summed E-state index contributed by atoms with van der Waals surface area (Å²) in [4.78, 5) is 0. The van der Waals surface area contributed by atoms with E-state index in [2.05, 4.69) is 10.5 Å². The number of hydrogen-bond donors (Lipinski definition) is 2. The minimum absolute atomic E-state index is 0.395. The molecule has 17 heavy (non-hydrogen) atoms. The second kappa shape index (κ2) is 5.82. The fourth-order valence-corrected chi connectivity index (χ4v) is 2.64. The van der Waals surface area contributed by atoms with Crippen molar-refractivity contribution in [3.8, 4) is 0 Å². The number of oxime groups is 1. The molecule has 1 saturated carbocycles. The Kier molecular flexibility index (Phi) is 4.15. The first-order valence-corrected chi connectivity index (χ1v) is 6.29. The van der Waals surface area contributed by atoms with Crippen molar-refractivity contribution in [3.05, 3.63) is 35.9 Å². The summed E-state index contributed by atoms with van der Waals surface area (Å²) >= 11 is 0. The molecule has 0 heterocycles. The molecule has 0 bridgehead atoms. The van der Waals surface area contributed by atoms with E-state index in [4.69, 9.17) is 0 Å². The highest BCUT2D eigenvalue weighted by atomic mass is 16.4. The SMILES string of the molecule is CNC1CCC(/C(=N/O)c2ccccc2)CC1. The van der Waals surface area contributed by atoms with E-state index in [1.807, 2.05) is 37.4 Å². The molecule has 0 unspecified atom stereocenters. The van der Waals surface area contributed by atoms with Gasteiger partial charge in [-0.2, -0.15) is 0 Å². The Morgan fingerprint density at radius 1 is 1.18 bits per heavy atom. The lowest BCUT2D eigenvalue weighted by atomic mass is 9.81. The van der Waals surface area contributed by atoms with Gasteiger partial charge in [-0.3, -0.25) is 0 Å². The number of nitrogens with one attached hydrogen (secondary N) is 1. The van der Waals surface area contributed by atoms with Crippen LogP contribution in [0, 0.1) is 5.92 Å². The summed E-state index contributed by atoms with van der Waals surface area (Å²) in [6, 6.07) is 10.6. The van der Waals surface area contributed by atoms with Gasteiger partial charge < -0.3 is 10.5 Å². The highest BCUT2D eigenvalue weighted by Crippen LogP contribution is 2.27. The standard InChI is InChI=1S/C14H20N2O/c1-15-13-9-7-12(8-10-13)14(16-17)11-5-3-2-4-6-11/h2-6,12-13,15,17H,7-10H2,1H3/b16-14+. The molecular formula is C14H20N2O. The van der Waals surface area contributed by atoms with Crippen molar-refractivity contribution in [1.82, 2.24) is 5.32 Å². The van der Waals surface area contributed by atoms with Crippen molar-refractivity contribution in [3.63, 3.8) is 0 Å². The zero-order valence-corrected chi connectivity index (χ0v) is 10.3. The minimum Gasteiger partial charge on any atom is -0.411 e. The van der Waals surface area contributed by atoms with Gasteiger partial charge in [0.05, 0.1) is 5.71 Å². The quantitative estimate of drug-likeness (QED) is 0.478. The summed E-state index contributed by atoms with van der Waals surface area (Å²) in [5, 5.41) is 16.1. The molecular weight excluding hydrogens is 212 g/mol. The number of rotatable bonds is 3. The molecule has 0 aromatic heterocycles. The van der Waals surface area contributed by atoms with Crippen LogP contribution in [0.1, 0.15) is 31.2 Å². The molecule has 1 aliphatic carbocycles. The first kappa shape index (κ1) is 12.1. The largest absolute Gasteiger partial charge is 0.411 e. The zero-order chi connectivity index (χ0) is 12.1. The van der Waals surface area contributed by atoms with Gasteiger partial charge in [0.15, 0.2) is 0 Å². The fourth-order valence-electron chi connectivity index (χ4n) is 2.64. The lowest BCUT2D eigenvalue weighted by Gasteiger charge is -2.28. The lowest BCUT2D eigenvalue weighted by Crippen LogP contribution is -2.32. The molecule has 1 aromatic carbocycles. The van der Waals surface area contributed by atoms with Crippen molar-refractivity contribution < 1.29 is 5.21 Å². The molecule has 92 valence electrons. The van der Waals surface area contributed by atoms with Gasteiger partial charge in [-0.05, 0) is 38.3 Å². The molecule has 0 radical (unpaired) electrons. The van der Waals surface area contributed by atoms with Crippen LogP contribution in [0.3, 0.4) is 0 Å². The molecule has 2 rings (SSSR count). The predicted octanol–water partition coefficient (Wildman–Crippen LogP) is 2.64. The van der Waals surface area contributed by atoms with Crippen molar-refractivity contribution in [2.45, 2.75) is 31.7 Å². The van der Waals surface area contributed by atoms with Crippen LogP contribution in [0.4, 0.5) is 0 Å². The molecule has 1 aromatic rings. The monoisotopic (exact) mass is 232 g/mol. The maximum atomic E-state index is 9.23. The predicted molar refractivity (Wildman–Crippen MR) is 69.6 cm³/mol. The highest BCUT2D eigenvalue weighted by molar-refractivity contribution is 6.01. The van der Waals surface area contributed by atoms with Gasteiger partial charge in [0.1, 0.15) is 0 Å². The first-order chi connectivity index (χ1) is 8.35. The molecule has 0 amide bonds. The highest BCUT2D eigenvalue weighted by Gasteiger charge is 2.25. The summed E-state index contributed by atoms with van der Waals surface area (Å²) in [5.41, 5.74) is 1.89. The van der Waals surface area contributed by atoms with E-state index in [9.17, 15) is 5.21 Å². The molecule has 0 spiro atoms. The maximum absolute atomic E-state index is 9.23. The number of hydrogen-bond acceptors (Lipinski definition) is 3. The average Bonchev–Trinajstić information content (AvgIpc) is 2.42. The molecule has 0 saturated heterocycles. The Morgan fingerprint density at radius 3 is 2.35 bits per heavy atom. The Morgan fingerprint density at radius 2 is 1.82 bits per heavy atom. The summed E-state index contributed by atoms with van der Waals surface area (Å²) in [6.45, 7) is 0. The van der Waals surface area contributed by atoms with Crippen LogP contribution in [0.15, 0.2) is 35.5 Å². The number of nitrogens with zero attached hydrogens (tertiary/aromatic N) is 1. The fraction of sp³-hybridized carbons (Fsp3) is 0.500. The minimum atomic E-state index is 0.395.